The highest BCUT2D eigenvalue weighted by atomic mass is 16.5. The molecule has 1 amide bonds. The van der Waals surface area contributed by atoms with E-state index in [9.17, 15) is 10.0 Å². The molecule has 2 aromatic rings. The third-order valence-electron chi connectivity index (χ3n) is 2.74. The predicted molar refractivity (Wildman–Crippen MR) is 62.2 cm³/mol. The monoisotopic (exact) mass is 234 g/mol. The van der Waals surface area contributed by atoms with Crippen molar-refractivity contribution in [2.45, 2.75) is 13.3 Å². The van der Waals surface area contributed by atoms with Gasteiger partial charge in [0.05, 0.1) is 6.42 Å². The molecule has 0 fully saturated rings. The van der Waals surface area contributed by atoms with E-state index in [1.807, 2.05) is 6.07 Å². The van der Waals surface area contributed by atoms with E-state index in [0.29, 0.717) is 30.0 Å². The van der Waals surface area contributed by atoms with Crippen molar-refractivity contribution in [3.05, 3.63) is 35.4 Å². The molecule has 5 heteroatoms. The van der Waals surface area contributed by atoms with E-state index in [4.69, 9.17) is 4.42 Å². The van der Waals surface area contributed by atoms with Crippen molar-refractivity contribution >= 4 is 17.0 Å². The Kier molecular flexibility index (Phi) is 2.99. The SMILES string of the molecule is CC(=O)N(C)CCc1oc2ccccc2[n+]1[O-]. The van der Waals surface area contributed by atoms with Gasteiger partial charge < -0.3 is 14.5 Å². The van der Waals surface area contributed by atoms with Crippen LogP contribution in [0.1, 0.15) is 12.8 Å². The van der Waals surface area contributed by atoms with Crippen LogP contribution in [0.5, 0.6) is 0 Å². The van der Waals surface area contributed by atoms with E-state index in [-0.39, 0.29) is 5.91 Å². The van der Waals surface area contributed by atoms with Crippen molar-refractivity contribution in [2.24, 2.45) is 0 Å². The Balaban J connectivity index is 2.19. The van der Waals surface area contributed by atoms with Crippen molar-refractivity contribution in [3.63, 3.8) is 0 Å². The van der Waals surface area contributed by atoms with Gasteiger partial charge in [-0.05, 0) is 6.07 Å². The second kappa shape index (κ2) is 4.45. The highest BCUT2D eigenvalue weighted by Crippen LogP contribution is 2.13. The van der Waals surface area contributed by atoms with Gasteiger partial charge in [-0.25, -0.2) is 0 Å². The van der Waals surface area contributed by atoms with E-state index in [0.717, 1.165) is 4.73 Å². The van der Waals surface area contributed by atoms with Gasteiger partial charge in [-0.3, -0.25) is 4.79 Å². The Hall–Kier alpha value is -2.04. The molecule has 0 saturated carbocycles. The number of rotatable bonds is 3. The van der Waals surface area contributed by atoms with Gasteiger partial charge >= 0.3 is 5.89 Å². The molecule has 0 spiro atoms. The van der Waals surface area contributed by atoms with E-state index < -0.39 is 0 Å². The number of benzene rings is 1. The van der Waals surface area contributed by atoms with E-state index in [1.165, 1.54) is 6.92 Å². The maximum absolute atomic E-state index is 11.8. The van der Waals surface area contributed by atoms with Crippen LogP contribution in [0.2, 0.25) is 0 Å². The largest absolute Gasteiger partial charge is 0.616 e. The van der Waals surface area contributed by atoms with E-state index in [1.54, 1.807) is 30.1 Å². The van der Waals surface area contributed by atoms with Gasteiger partial charge in [0, 0.05) is 26.6 Å². The summed E-state index contributed by atoms with van der Waals surface area (Å²) in [6.45, 7) is 1.96. The van der Waals surface area contributed by atoms with Gasteiger partial charge in [0.1, 0.15) is 0 Å². The maximum Gasteiger partial charge on any atom is 0.361 e. The molecule has 0 atom stereocenters. The lowest BCUT2D eigenvalue weighted by atomic mass is 10.3. The highest BCUT2D eigenvalue weighted by molar-refractivity contribution is 5.72. The maximum atomic E-state index is 11.8. The summed E-state index contributed by atoms with van der Waals surface area (Å²) in [4.78, 5) is 12.6. The average molecular weight is 234 g/mol. The number of likely N-dealkylation sites (N-methyl/N-ethyl adjacent to an activating group) is 1. The fourth-order valence-corrected chi connectivity index (χ4v) is 1.59. The number of hydrogen-bond donors (Lipinski definition) is 0. The molecular formula is C12H14N2O3. The standard InChI is InChI=1S/C12H14N2O3/c1-9(15)13(2)8-7-12-14(16)10-5-3-4-6-11(10)17-12/h3-6H,7-8H2,1-2H3. The Morgan fingerprint density at radius 2 is 2.18 bits per heavy atom. The number of oxazole rings is 1. The number of para-hydroxylation sites is 2. The lowest BCUT2D eigenvalue weighted by molar-refractivity contribution is -0.592. The first-order valence-electron chi connectivity index (χ1n) is 5.41. The van der Waals surface area contributed by atoms with Gasteiger partial charge in [0.15, 0.2) is 0 Å². The smallest absolute Gasteiger partial charge is 0.361 e. The molecule has 0 aliphatic rings. The molecule has 0 aliphatic carbocycles. The minimum atomic E-state index is -0.0291. The number of fused-ring (bicyclic) bond motifs is 1. The Labute approximate surface area is 98.8 Å². The summed E-state index contributed by atoms with van der Waals surface area (Å²) in [5, 5.41) is 11.8. The molecule has 1 heterocycles. The van der Waals surface area contributed by atoms with Crippen molar-refractivity contribution in [1.29, 1.82) is 0 Å². The molecule has 90 valence electrons. The number of carbonyl (C=O) groups excluding carboxylic acids is 1. The van der Waals surface area contributed by atoms with Crippen LogP contribution in [-0.2, 0) is 11.2 Å². The van der Waals surface area contributed by atoms with Crippen molar-refractivity contribution in [3.8, 4) is 0 Å². The molecule has 1 aromatic heterocycles. The summed E-state index contributed by atoms with van der Waals surface area (Å²) in [6.07, 6.45) is 0.411. The van der Waals surface area contributed by atoms with Crippen LogP contribution in [0.4, 0.5) is 0 Å². The lowest BCUT2D eigenvalue weighted by Gasteiger charge is -2.12. The molecule has 0 unspecified atom stereocenters. The first kappa shape index (κ1) is 11.4. The number of nitrogens with zero attached hydrogens (tertiary/aromatic N) is 2. The Morgan fingerprint density at radius 1 is 1.47 bits per heavy atom. The lowest BCUT2D eigenvalue weighted by Crippen LogP contribution is -2.33. The normalized spacial score (nSPS) is 10.7. The summed E-state index contributed by atoms with van der Waals surface area (Å²) in [7, 11) is 1.69. The van der Waals surface area contributed by atoms with Crippen molar-refractivity contribution in [2.75, 3.05) is 13.6 Å². The van der Waals surface area contributed by atoms with Gasteiger partial charge in [-0.15, -0.1) is 4.73 Å². The molecule has 0 radical (unpaired) electrons. The predicted octanol–water partition coefficient (Wildman–Crippen LogP) is 1.09. The number of amides is 1. The Bertz CT molecular complexity index is 548. The number of carbonyl (C=O) groups is 1. The summed E-state index contributed by atoms with van der Waals surface area (Å²) in [5.74, 6) is 0.304. The van der Waals surface area contributed by atoms with E-state index in [2.05, 4.69) is 0 Å². The zero-order valence-electron chi connectivity index (χ0n) is 9.84. The third kappa shape index (κ3) is 2.22. The summed E-state index contributed by atoms with van der Waals surface area (Å²) in [6, 6.07) is 7.07. The molecule has 0 aliphatic heterocycles. The molecular weight excluding hydrogens is 220 g/mol. The fourth-order valence-electron chi connectivity index (χ4n) is 1.59. The molecule has 0 N–H and O–H groups in total. The molecule has 2 rings (SSSR count). The van der Waals surface area contributed by atoms with Gasteiger partial charge in [-0.2, -0.15) is 0 Å². The zero-order valence-corrected chi connectivity index (χ0v) is 9.84. The quantitative estimate of drug-likeness (QED) is 0.590. The summed E-state index contributed by atoms with van der Waals surface area (Å²) < 4.78 is 6.22. The molecule has 0 bridgehead atoms. The topological polar surface area (TPSA) is 60.4 Å². The highest BCUT2D eigenvalue weighted by Gasteiger charge is 2.17. The van der Waals surface area contributed by atoms with Gasteiger partial charge in [-0.1, -0.05) is 12.1 Å². The first-order chi connectivity index (χ1) is 8.09. The molecule has 0 saturated heterocycles. The van der Waals surface area contributed by atoms with E-state index >= 15 is 0 Å². The average Bonchev–Trinajstić information content (AvgIpc) is 2.64. The van der Waals surface area contributed by atoms with Gasteiger partial charge in [0.25, 0.3) is 5.52 Å². The van der Waals surface area contributed by atoms with Gasteiger partial charge in [0.2, 0.25) is 11.5 Å². The zero-order chi connectivity index (χ0) is 12.4. The van der Waals surface area contributed by atoms with Crippen LogP contribution in [0, 0.1) is 5.21 Å². The fraction of sp³-hybridized carbons (Fsp3) is 0.333. The second-order valence-corrected chi connectivity index (χ2v) is 3.95. The third-order valence-corrected chi connectivity index (χ3v) is 2.74. The molecule has 5 nitrogen and oxygen atoms in total. The second-order valence-electron chi connectivity index (χ2n) is 3.95. The minimum absolute atomic E-state index is 0.0291. The van der Waals surface area contributed by atoms with Crippen LogP contribution in [0.15, 0.2) is 28.7 Å². The minimum Gasteiger partial charge on any atom is -0.616 e. The first-order valence-corrected chi connectivity index (χ1v) is 5.41. The Morgan fingerprint density at radius 3 is 2.82 bits per heavy atom. The van der Waals surface area contributed by atoms with Crippen LogP contribution in [0.25, 0.3) is 11.1 Å². The van der Waals surface area contributed by atoms with Crippen molar-refractivity contribution < 1.29 is 13.9 Å². The number of aromatic nitrogens is 1. The van der Waals surface area contributed by atoms with Crippen LogP contribution in [0.3, 0.4) is 0 Å². The molecule has 1 aromatic carbocycles. The van der Waals surface area contributed by atoms with Crippen LogP contribution in [-0.4, -0.2) is 24.4 Å². The summed E-state index contributed by atoms with van der Waals surface area (Å²) in [5.41, 5.74) is 1.09. The molecule has 17 heavy (non-hydrogen) atoms. The number of hydrogen-bond acceptors (Lipinski definition) is 3. The van der Waals surface area contributed by atoms with Crippen LogP contribution < -0.4 is 4.73 Å². The van der Waals surface area contributed by atoms with Crippen LogP contribution >= 0.6 is 0 Å². The van der Waals surface area contributed by atoms with Crippen molar-refractivity contribution in [1.82, 2.24) is 4.90 Å². The summed E-state index contributed by atoms with van der Waals surface area (Å²) >= 11 is 0.